The normalized spacial score (nSPS) is 12.7. The third kappa shape index (κ3) is 3.15. The second-order valence-electron chi connectivity index (χ2n) is 5.08. The lowest BCUT2D eigenvalue weighted by Gasteiger charge is -2.18. The average molecular weight is 256 g/mol. The molecular formula is C15H20N4. The molecule has 0 amide bonds. The van der Waals surface area contributed by atoms with E-state index in [1.54, 1.807) is 6.20 Å². The number of nitrogens with zero attached hydrogens (tertiary/aromatic N) is 3. The zero-order valence-corrected chi connectivity index (χ0v) is 11.7. The Morgan fingerprint density at radius 1 is 1.26 bits per heavy atom. The Morgan fingerprint density at radius 3 is 2.63 bits per heavy atom. The van der Waals surface area contributed by atoms with Gasteiger partial charge in [-0.2, -0.15) is 0 Å². The van der Waals surface area contributed by atoms with Gasteiger partial charge in [-0.3, -0.25) is 4.98 Å². The first-order valence-corrected chi connectivity index (χ1v) is 6.58. The molecule has 0 aromatic carbocycles. The first-order chi connectivity index (χ1) is 9.11. The molecule has 4 heteroatoms. The van der Waals surface area contributed by atoms with Crippen molar-refractivity contribution in [1.29, 1.82) is 0 Å². The predicted molar refractivity (Wildman–Crippen MR) is 76.6 cm³/mol. The van der Waals surface area contributed by atoms with Crippen LogP contribution in [0.15, 0.2) is 30.6 Å². The second-order valence-corrected chi connectivity index (χ2v) is 5.08. The molecule has 2 N–H and O–H groups in total. The first-order valence-electron chi connectivity index (χ1n) is 6.58. The first kappa shape index (κ1) is 13.6. The maximum atomic E-state index is 5.85. The van der Waals surface area contributed by atoms with E-state index in [1.807, 2.05) is 31.3 Å². The van der Waals surface area contributed by atoms with Gasteiger partial charge in [0.15, 0.2) is 0 Å². The van der Waals surface area contributed by atoms with Crippen LogP contribution in [0.2, 0.25) is 0 Å². The van der Waals surface area contributed by atoms with Crippen LogP contribution in [0.5, 0.6) is 0 Å². The van der Waals surface area contributed by atoms with Gasteiger partial charge in [-0.05, 0) is 31.0 Å². The van der Waals surface area contributed by atoms with Crippen molar-refractivity contribution in [3.8, 4) is 11.3 Å². The van der Waals surface area contributed by atoms with Crippen molar-refractivity contribution in [3.63, 3.8) is 0 Å². The van der Waals surface area contributed by atoms with Gasteiger partial charge >= 0.3 is 0 Å². The monoisotopic (exact) mass is 256 g/mol. The largest absolute Gasteiger partial charge is 0.330 e. The molecule has 0 bridgehead atoms. The van der Waals surface area contributed by atoms with Gasteiger partial charge in [0.25, 0.3) is 0 Å². The molecule has 2 aromatic heterocycles. The molecule has 0 fully saturated rings. The molecule has 0 aliphatic rings. The molecule has 4 nitrogen and oxygen atoms in total. The molecule has 0 aliphatic carbocycles. The van der Waals surface area contributed by atoms with E-state index < -0.39 is 0 Å². The summed E-state index contributed by atoms with van der Waals surface area (Å²) in [6.45, 7) is 6.84. The highest BCUT2D eigenvalue weighted by molar-refractivity contribution is 5.57. The molecule has 0 saturated carbocycles. The highest BCUT2D eigenvalue weighted by Gasteiger charge is 2.18. The Balaban J connectivity index is 2.45. The highest BCUT2D eigenvalue weighted by Crippen LogP contribution is 2.23. The van der Waals surface area contributed by atoms with E-state index in [0.717, 1.165) is 22.8 Å². The van der Waals surface area contributed by atoms with Crippen molar-refractivity contribution in [2.75, 3.05) is 6.54 Å². The van der Waals surface area contributed by atoms with Crippen LogP contribution >= 0.6 is 0 Å². The van der Waals surface area contributed by atoms with Gasteiger partial charge in [-0.1, -0.05) is 13.8 Å². The van der Waals surface area contributed by atoms with Crippen LogP contribution < -0.4 is 5.73 Å². The lowest BCUT2D eigenvalue weighted by molar-refractivity contribution is 0.483. The number of hydrogen-bond donors (Lipinski definition) is 1. The van der Waals surface area contributed by atoms with Gasteiger partial charge in [0, 0.05) is 36.1 Å². The van der Waals surface area contributed by atoms with E-state index in [-0.39, 0.29) is 5.92 Å². The van der Waals surface area contributed by atoms with Crippen molar-refractivity contribution in [2.45, 2.75) is 26.7 Å². The summed E-state index contributed by atoms with van der Waals surface area (Å²) in [6, 6.07) is 5.90. The van der Waals surface area contributed by atoms with Crippen molar-refractivity contribution in [2.24, 2.45) is 11.7 Å². The van der Waals surface area contributed by atoms with Gasteiger partial charge < -0.3 is 5.73 Å². The topological polar surface area (TPSA) is 64.7 Å². The van der Waals surface area contributed by atoms with E-state index in [4.69, 9.17) is 5.73 Å². The van der Waals surface area contributed by atoms with Gasteiger partial charge in [-0.15, -0.1) is 0 Å². The zero-order chi connectivity index (χ0) is 13.8. The smallest absolute Gasteiger partial charge is 0.133 e. The minimum absolute atomic E-state index is 0.190. The number of hydrogen-bond acceptors (Lipinski definition) is 4. The quantitative estimate of drug-likeness (QED) is 0.913. The lowest BCUT2D eigenvalue weighted by Crippen LogP contribution is -2.20. The molecule has 2 aromatic rings. The molecule has 0 radical (unpaired) electrons. The predicted octanol–water partition coefficient (Wildman–Crippen LogP) is 2.55. The maximum absolute atomic E-state index is 5.85. The molecule has 0 saturated heterocycles. The Hall–Kier alpha value is -1.81. The summed E-state index contributed by atoms with van der Waals surface area (Å²) in [6.07, 6.45) is 3.58. The van der Waals surface area contributed by atoms with Crippen LogP contribution in [0, 0.1) is 12.8 Å². The highest BCUT2D eigenvalue weighted by atomic mass is 14.9. The van der Waals surface area contributed by atoms with Crippen LogP contribution in [0.1, 0.15) is 31.3 Å². The van der Waals surface area contributed by atoms with E-state index in [0.29, 0.717) is 12.5 Å². The van der Waals surface area contributed by atoms with Crippen LogP contribution in [-0.2, 0) is 0 Å². The van der Waals surface area contributed by atoms with E-state index in [2.05, 4.69) is 28.8 Å². The summed E-state index contributed by atoms with van der Waals surface area (Å²) < 4.78 is 0. The fraction of sp³-hybridized carbons (Fsp3) is 0.400. The van der Waals surface area contributed by atoms with Crippen molar-refractivity contribution in [1.82, 2.24) is 15.0 Å². The molecule has 0 aliphatic heterocycles. The number of rotatable bonds is 4. The van der Waals surface area contributed by atoms with E-state index in [9.17, 15) is 0 Å². The van der Waals surface area contributed by atoms with Crippen LogP contribution in [0.3, 0.4) is 0 Å². The van der Waals surface area contributed by atoms with E-state index >= 15 is 0 Å². The summed E-state index contributed by atoms with van der Waals surface area (Å²) in [7, 11) is 0. The molecule has 1 atom stereocenters. The minimum Gasteiger partial charge on any atom is -0.330 e. The van der Waals surface area contributed by atoms with Gasteiger partial charge in [0.1, 0.15) is 5.82 Å². The third-order valence-corrected chi connectivity index (χ3v) is 3.22. The maximum Gasteiger partial charge on any atom is 0.133 e. The van der Waals surface area contributed by atoms with E-state index in [1.165, 1.54) is 0 Å². The number of nitrogens with two attached hydrogens (primary N) is 1. The summed E-state index contributed by atoms with van der Waals surface area (Å²) in [5.74, 6) is 1.44. The molecular weight excluding hydrogens is 236 g/mol. The van der Waals surface area contributed by atoms with Crippen LogP contribution in [-0.4, -0.2) is 21.5 Å². The van der Waals surface area contributed by atoms with Crippen molar-refractivity contribution in [3.05, 3.63) is 42.1 Å². The van der Waals surface area contributed by atoms with Crippen LogP contribution in [0.25, 0.3) is 11.3 Å². The van der Waals surface area contributed by atoms with Crippen molar-refractivity contribution >= 4 is 0 Å². The molecule has 19 heavy (non-hydrogen) atoms. The summed E-state index contributed by atoms with van der Waals surface area (Å²) in [4.78, 5) is 13.3. The van der Waals surface area contributed by atoms with Gasteiger partial charge in [-0.25, -0.2) is 9.97 Å². The second kappa shape index (κ2) is 5.89. The molecule has 100 valence electrons. The molecule has 2 heterocycles. The zero-order valence-electron chi connectivity index (χ0n) is 11.7. The Bertz CT molecular complexity index is 537. The van der Waals surface area contributed by atoms with Crippen molar-refractivity contribution < 1.29 is 0 Å². The SMILES string of the molecule is Cc1cc(-c2cccnc2)nc(C(CN)C(C)C)n1. The summed E-state index contributed by atoms with van der Waals surface area (Å²) >= 11 is 0. The molecule has 2 rings (SSSR count). The third-order valence-electron chi connectivity index (χ3n) is 3.22. The minimum atomic E-state index is 0.190. The van der Waals surface area contributed by atoms with Gasteiger partial charge in [0.05, 0.1) is 5.69 Å². The Labute approximate surface area is 114 Å². The Morgan fingerprint density at radius 2 is 2.05 bits per heavy atom. The Kier molecular flexibility index (Phi) is 4.22. The lowest BCUT2D eigenvalue weighted by atomic mass is 9.95. The fourth-order valence-corrected chi connectivity index (χ4v) is 2.10. The molecule has 1 unspecified atom stereocenters. The fourth-order valence-electron chi connectivity index (χ4n) is 2.10. The average Bonchev–Trinajstić information content (AvgIpc) is 2.39. The number of aromatic nitrogens is 3. The van der Waals surface area contributed by atoms with Crippen LogP contribution in [0.4, 0.5) is 0 Å². The standard InChI is InChI=1S/C15H20N4/c1-10(2)13(8-16)15-18-11(3)7-14(19-15)12-5-4-6-17-9-12/h4-7,9-10,13H,8,16H2,1-3H3. The summed E-state index contributed by atoms with van der Waals surface area (Å²) in [5, 5.41) is 0. The summed E-state index contributed by atoms with van der Waals surface area (Å²) in [5.41, 5.74) is 8.73. The number of aryl methyl sites for hydroxylation is 1. The number of pyridine rings is 1. The van der Waals surface area contributed by atoms with Gasteiger partial charge in [0.2, 0.25) is 0 Å². The molecule has 0 spiro atoms.